The van der Waals surface area contributed by atoms with E-state index in [-0.39, 0.29) is 0 Å². The van der Waals surface area contributed by atoms with Crippen molar-refractivity contribution < 1.29 is 9.90 Å². The average molecular weight is 261 g/mol. The third kappa shape index (κ3) is 3.34. The quantitative estimate of drug-likeness (QED) is 0.815. The molecule has 0 fully saturated rings. The standard InChI is InChI=1S/C9H15N3O2S2/c1-9(2,6(13)14)5-15-8-11-10-7(16-8)12(3)4/h5H2,1-4H3,(H,13,14). The van der Waals surface area contributed by atoms with Crippen molar-refractivity contribution in [1.82, 2.24) is 10.2 Å². The Labute approximate surface area is 103 Å². The molecule has 0 saturated carbocycles. The van der Waals surface area contributed by atoms with Gasteiger partial charge in [0.2, 0.25) is 5.13 Å². The highest BCUT2D eigenvalue weighted by molar-refractivity contribution is 8.01. The SMILES string of the molecule is CN(C)c1nnc(SCC(C)(C)C(=O)O)s1. The Morgan fingerprint density at radius 3 is 2.56 bits per heavy atom. The van der Waals surface area contributed by atoms with Gasteiger partial charge in [0.25, 0.3) is 0 Å². The van der Waals surface area contributed by atoms with Crippen LogP contribution >= 0.6 is 23.1 Å². The van der Waals surface area contributed by atoms with Crippen LogP contribution in [-0.4, -0.2) is 41.1 Å². The average Bonchev–Trinajstić information content (AvgIpc) is 2.63. The number of thioether (sulfide) groups is 1. The molecule has 0 unspecified atom stereocenters. The molecule has 0 aliphatic heterocycles. The third-order valence-electron chi connectivity index (χ3n) is 1.91. The largest absolute Gasteiger partial charge is 0.481 e. The van der Waals surface area contributed by atoms with Crippen LogP contribution in [0.2, 0.25) is 0 Å². The Kier molecular flexibility index (Phi) is 4.15. The van der Waals surface area contributed by atoms with Crippen LogP contribution in [0, 0.1) is 5.41 Å². The smallest absolute Gasteiger partial charge is 0.309 e. The summed E-state index contributed by atoms with van der Waals surface area (Å²) in [7, 11) is 3.80. The lowest BCUT2D eigenvalue weighted by molar-refractivity contribution is -0.145. The minimum absolute atomic E-state index is 0.490. The molecular weight excluding hydrogens is 246 g/mol. The van der Waals surface area contributed by atoms with E-state index in [0.717, 1.165) is 9.47 Å². The Morgan fingerprint density at radius 1 is 1.50 bits per heavy atom. The number of carboxylic acid groups (broad SMARTS) is 1. The number of anilines is 1. The van der Waals surface area contributed by atoms with Crippen molar-refractivity contribution in [2.75, 3.05) is 24.7 Å². The third-order valence-corrected chi connectivity index (χ3v) is 4.60. The van der Waals surface area contributed by atoms with Gasteiger partial charge in [0.05, 0.1) is 5.41 Å². The second-order valence-corrected chi connectivity index (χ2v) is 6.40. The highest BCUT2D eigenvalue weighted by atomic mass is 32.2. The van der Waals surface area contributed by atoms with Crippen molar-refractivity contribution >= 4 is 34.2 Å². The number of carboxylic acids is 1. The molecule has 0 aromatic carbocycles. The first-order chi connectivity index (χ1) is 7.33. The van der Waals surface area contributed by atoms with Crippen LogP contribution < -0.4 is 4.90 Å². The van der Waals surface area contributed by atoms with Crippen LogP contribution in [0.25, 0.3) is 0 Å². The van der Waals surface area contributed by atoms with Gasteiger partial charge in [-0.1, -0.05) is 23.1 Å². The van der Waals surface area contributed by atoms with Gasteiger partial charge in [0.1, 0.15) is 0 Å². The number of rotatable bonds is 5. The Hall–Kier alpha value is -0.820. The van der Waals surface area contributed by atoms with Crippen LogP contribution in [0.5, 0.6) is 0 Å². The maximum absolute atomic E-state index is 10.9. The molecule has 90 valence electrons. The molecule has 16 heavy (non-hydrogen) atoms. The molecule has 5 nitrogen and oxygen atoms in total. The molecule has 0 aliphatic carbocycles. The summed E-state index contributed by atoms with van der Waals surface area (Å²) in [6.07, 6.45) is 0. The Morgan fingerprint density at radius 2 is 2.12 bits per heavy atom. The lowest BCUT2D eigenvalue weighted by Crippen LogP contribution is -2.26. The topological polar surface area (TPSA) is 66.3 Å². The zero-order valence-electron chi connectivity index (χ0n) is 9.72. The number of nitrogens with zero attached hydrogens (tertiary/aromatic N) is 3. The van der Waals surface area contributed by atoms with E-state index in [2.05, 4.69) is 10.2 Å². The van der Waals surface area contributed by atoms with Crippen LogP contribution in [0.4, 0.5) is 5.13 Å². The summed E-state index contributed by atoms with van der Waals surface area (Å²) in [4.78, 5) is 12.8. The second kappa shape index (κ2) is 5.01. The van der Waals surface area contributed by atoms with Gasteiger partial charge in [-0.05, 0) is 13.8 Å². The molecule has 0 spiro atoms. The zero-order valence-corrected chi connectivity index (χ0v) is 11.4. The molecule has 1 heterocycles. The predicted octanol–water partition coefficient (Wildman–Crippen LogP) is 1.81. The van der Waals surface area contributed by atoms with Crippen LogP contribution in [0.15, 0.2) is 4.34 Å². The lowest BCUT2D eigenvalue weighted by atomic mass is 9.97. The van der Waals surface area contributed by atoms with E-state index in [0.29, 0.717) is 5.75 Å². The van der Waals surface area contributed by atoms with Crippen molar-refractivity contribution in [3.05, 3.63) is 0 Å². The Balaban J connectivity index is 2.58. The van der Waals surface area contributed by atoms with E-state index in [4.69, 9.17) is 5.11 Å². The van der Waals surface area contributed by atoms with Crippen molar-refractivity contribution in [3.63, 3.8) is 0 Å². The minimum atomic E-state index is -0.794. The van der Waals surface area contributed by atoms with Gasteiger partial charge in [-0.2, -0.15) is 0 Å². The van der Waals surface area contributed by atoms with Crippen molar-refractivity contribution in [2.45, 2.75) is 18.2 Å². The summed E-state index contributed by atoms with van der Waals surface area (Å²) >= 11 is 2.90. The number of aliphatic carboxylic acids is 1. The molecule has 0 saturated heterocycles. The number of hydrogen-bond donors (Lipinski definition) is 1. The maximum atomic E-state index is 10.9. The van der Waals surface area contributed by atoms with Gasteiger partial charge in [-0.3, -0.25) is 4.79 Å². The van der Waals surface area contributed by atoms with Crippen molar-refractivity contribution in [2.24, 2.45) is 5.41 Å². The summed E-state index contributed by atoms with van der Waals surface area (Å²) in [5.41, 5.74) is -0.741. The molecule has 7 heteroatoms. The van der Waals surface area contributed by atoms with Gasteiger partial charge < -0.3 is 10.0 Å². The van der Waals surface area contributed by atoms with Crippen molar-refractivity contribution in [1.29, 1.82) is 0 Å². The first-order valence-electron chi connectivity index (χ1n) is 4.70. The lowest BCUT2D eigenvalue weighted by Gasteiger charge is -2.16. The maximum Gasteiger partial charge on any atom is 0.309 e. The number of carbonyl (C=O) groups is 1. The normalized spacial score (nSPS) is 11.5. The Bertz CT molecular complexity index is 377. The van der Waals surface area contributed by atoms with Crippen molar-refractivity contribution in [3.8, 4) is 0 Å². The summed E-state index contributed by atoms with van der Waals surface area (Å²) in [6, 6.07) is 0. The van der Waals surface area contributed by atoms with Crippen LogP contribution in [0.3, 0.4) is 0 Å². The van der Waals surface area contributed by atoms with E-state index in [9.17, 15) is 4.79 Å². The molecule has 1 aromatic rings. The van der Waals surface area contributed by atoms with Gasteiger partial charge in [-0.25, -0.2) is 0 Å². The minimum Gasteiger partial charge on any atom is -0.481 e. The zero-order chi connectivity index (χ0) is 12.3. The highest BCUT2D eigenvalue weighted by Gasteiger charge is 2.27. The van der Waals surface area contributed by atoms with Gasteiger partial charge in [-0.15, -0.1) is 10.2 Å². The highest BCUT2D eigenvalue weighted by Crippen LogP contribution is 2.31. The second-order valence-electron chi connectivity index (χ2n) is 4.22. The molecule has 0 aliphatic rings. The van der Waals surface area contributed by atoms with Gasteiger partial charge >= 0.3 is 5.97 Å². The van der Waals surface area contributed by atoms with E-state index < -0.39 is 11.4 Å². The molecule has 0 bridgehead atoms. The van der Waals surface area contributed by atoms with E-state index >= 15 is 0 Å². The molecule has 0 amide bonds. The first kappa shape index (κ1) is 13.2. The fourth-order valence-electron chi connectivity index (χ4n) is 0.745. The summed E-state index contributed by atoms with van der Waals surface area (Å²) in [5.74, 6) is -0.304. The number of hydrogen-bond acceptors (Lipinski definition) is 6. The fraction of sp³-hybridized carbons (Fsp3) is 0.667. The molecule has 1 rings (SSSR count). The fourth-order valence-corrected chi connectivity index (χ4v) is 2.59. The summed E-state index contributed by atoms with van der Waals surface area (Å²) in [6.45, 7) is 3.41. The number of aromatic nitrogens is 2. The van der Waals surface area contributed by atoms with Crippen LogP contribution in [0.1, 0.15) is 13.8 Å². The molecule has 0 radical (unpaired) electrons. The summed E-state index contributed by atoms with van der Waals surface area (Å²) < 4.78 is 0.804. The molecule has 1 aromatic heterocycles. The van der Waals surface area contributed by atoms with E-state index in [1.807, 2.05) is 19.0 Å². The monoisotopic (exact) mass is 261 g/mol. The van der Waals surface area contributed by atoms with E-state index in [1.165, 1.54) is 23.1 Å². The first-order valence-corrected chi connectivity index (χ1v) is 6.50. The van der Waals surface area contributed by atoms with Gasteiger partial charge in [0.15, 0.2) is 4.34 Å². The molecule has 0 atom stereocenters. The van der Waals surface area contributed by atoms with Crippen LogP contribution in [-0.2, 0) is 4.79 Å². The van der Waals surface area contributed by atoms with E-state index in [1.54, 1.807) is 13.8 Å². The summed E-state index contributed by atoms with van der Waals surface area (Å²) in [5, 5.41) is 17.8. The molecular formula is C9H15N3O2S2. The molecule has 1 N–H and O–H groups in total. The van der Waals surface area contributed by atoms with Gasteiger partial charge in [0, 0.05) is 19.8 Å². The predicted molar refractivity (Wildman–Crippen MR) is 66.4 cm³/mol.